The van der Waals surface area contributed by atoms with Gasteiger partial charge in [0.1, 0.15) is 5.78 Å². The lowest BCUT2D eigenvalue weighted by Crippen LogP contribution is -2.63. The fourth-order valence-corrected chi connectivity index (χ4v) is 9.37. The molecule has 0 unspecified atom stereocenters. The Morgan fingerprint density at radius 2 is 1.74 bits per heavy atom. The normalized spacial score (nSPS) is 47.6. The van der Waals surface area contributed by atoms with Gasteiger partial charge in [-0.05, 0) is 85.9 Å². The van der Waals surface area contributed by atoms with Gasteiger partial charge in [-0.1, -0.05) is 33.1 Å². The third kappa shape index (κ3) is 3.78. The highest BCUT2D eigenvalue weighted by Crippen LogP contribution is 2.67. The molecule has 5 saturated carbocycles. The first-order valence-electron chi connectivity index (χ1n) is 12.8. The van der Waals surface area contributed by atoms with Crippen LogP contribution in [0, 0.1) is 40.4 Å². The van der Waals surface area contributed by atoms with Crippen molar-refractivity contribution < 1.29 is 14.7 Å². The maximum atomic E-state index is 12.3. The van der Waals surface area contributed by atoms with E-state index in [1.165, 1.54) is 44.9 Å². The highest BCUT2D eigenvalue weighted by Gasteiger charge is 2.64. The fraction of sp³-hybridized carbons (Fsp3) is 0.923. The summed E-state index contributed by atoms with van der Waals surface area (Å²) in [5.41, 5.74) is 0.165. The van der Waals surface area contributed by atoms with E-state index in [4.69, 9.17) is 0 Å². The standard InChI is InChI=1S/C26H41NO3.ClH/c1-25-13-12-18(28)14-16(25)8-9-19-20-10-11-21(24(29)30)26(20,2)15-22(23(19)25)27-17-6-4-3-5-7-17;/h16-17,19-23,27H,3-15H2,1-2H3,(H,29,30);1H/t16-,19-,20-,21+,22+,23+,25-,26-;/m0./s1. The molecule has 0 aromatic heterocycles. The zero-order valence-corrected chi connectivity index (χ0v) is 20.2. The Morgan fingerprint density at radius 1 is 1.00 bits per heavy atom. The average Bonchev–Trinajstić information content (AvgIpc) is 3.06. The van der Waals surface area contributed by atoms with E-state index in [9.17, 15) is 14.7 Å². The van der Waals surface area contributed by atoms with Crippen LogP contribution >= 0.6 is 12.4 Å². The summed E-state index contributed by atoms with van der Waals surface area (Å²) in [5.74, 6) is 2.04. The number of nitrogens with one attached hydrogen (secondary N) is 1. The van der Waals surface area contributed by atoms with E-state index in [-0.39, 0.29) is 29.2 Å². The molecule has 4 nitrogen and oxygen atoms in total. The molecule has 2 N–H and O–H groups in total. The molecule has 0 heterocycles. The number of ketones is 1. The molecule has 0 radical (unpaired) electrons. The number of carboxylic acids is 1. The van der Waals surface area contributed by atoms with E-state index in [1.54, 1.807) is 0 Å². The van der Waals surface area contributed by atoms with Crippen molar-refractivity contribution in [2.24, 2.45) is 40.4 Å². The zero-order valence-electron chi connectivity index (χ0n) is 19.4. The van der Waals surface area contributed by atoms with Crippen LogP contribution in [-0.2, 0) is 9.59 Å². The minimum atomic E-state index is -0.571. The molecule has 5 aliphatic carbocycles. The van der Waals surface area contributed by atoms with Crippen LogP contribution in [0.3, 0.4) is 0 Å². The summed E-state index contributed by atoms with van der Waals surface area (Å²) in [6.45, 7) is 4.82. The molecule has 0 aromatic carbocycles. The summed E-state index contributed by atoms with van der Waals surface area (Å²) in [4.78, 5) is 24.5. The summed E-state index contributed by atoms with van der Waals surface area (Å²) in [6.07, 6.45) is 14.5. The maximum Gasteiger partial charge on any atom is 0.307 e. The quantitative estimate of drug-likeness (QED) is 0.584. The van der Waals surface area contributed by atoms with Crippen LogP contribution in [-0.4, -0.2) is 28.9 Å². The molecule has 0 amide bonds. The Kier molecular flexibility index (Phi) is 6.55. The second kappa shape index (κ2) is 8.63. The molecule has 0 aliphatic heterocycles. The van der Waals surface area contributed by atoms with Gasteiger partial charge in [0.15, 0.2) is 0 Å². The van der Waals surface area contributed by atoms with Crippen molar-refractivity contribution in [3.63, 3.8) is 0 Å². The van der Waals surface area contributed by atoms with Gasteiger partial charge < -0.3 is 10.4 Å². The first-order valence-corrected chi connectivity index (χ1v) is 12.8. The van der Waals surface area contributed by atoms with Crippen LogP contribution in [0.4, 0.5) is 0 Å². The zero-order chi connectivity index (χ0) is 21.1. The predicted octanol–water partition coefficient (Wildman–Crippen LogP) is 5.62. The summed E-state index contributed by atoms with van der Waals surface area (Å²) in [5, 5.41) is 14.2. The van der Waals surface area contributed by atoms with Crippen molar-refractivity contribution in [3.8, 4) is 0 Å². The Balaban J connectivity index is 0.00000231. The third-order valence-corrected chi connectivity index (χ3v) is 10.8. The lowest BCUT2D eigenvalue weighted by molar-refractivity contribution is -0.159. The number of carbonyl (C=O) groups excluding carboxylic acids is 1. The van der Waals surface area contributed by atoms with Crippen LogP contribution in [0.25, 0.3) is 0 Å². The predicted molar refractivity (Wildman–Crippen MR) is 124 cm³/mol. The Hall–Kier alpha value is -0.610. The molecule has 8 atom stereocenters. The number of halogens is 1. The number of aliphatic carboxylic acids is 1. The van der Waals surface area contributed by atoms with Crippen molar-refractivity contribution >= 4 is 24.2 Å². The molecule has 0 bridgehead atoms. The lowest BCUT2D eigenvalue weighted by atomic mass is 9.43. The molecule has 5 aliphatic rings. The highest BCUT2D eigenvalue weighted by molar-refractivity contribution is 5.85. The second-order valence-corrected chi connectivity index (χ2v) is 12.1. The van der Waals surface area contributed by atoms with Gasteiger partial charge in [-0.15, -0.1) is 12.4 Å². The molecule has 0 aromatic rings. The first-order chi connectivity index (χ1) is 14.3. The third-order valence-electron chi connectivity index (χ3n) is 10.8. The van der Waals surface area contributed by atoms with E-state index in [1.807, 2.05) is 0 Å². The largest absolute Gasteiger partial charge is 0.481 e. The number of Topliss-reactive ketones (excluding diaryl/α,β-unsaturated/α-hetero) is 1. The number of fused-ring (bicyclic) bond motifs is 5. The van der Waals surface area contributed by atoms with Crippen molar-refractivity contribution in [1.29, 1.82) is 0 Å². The summed E-state index contributed by atoms with van der Waals surface area (Å²) < 4.78 is 0. The molecule has 5 fully saturated rings. The molecule has 0 spiro atoms. The van der Waals surface area contributed by atoms with Gasteiger partial charge in [-0.2, -0.15) is 0 Å². The maximum absolute atomic E-state index is 12.3. The van der Waals surface area contributed by atoms with Gasteiger partial charge in [0.05, 0.1) is 5.92 Å². The second-order valence-electron chi connectivity index (χ2n) is 12.1. The van der Waals surface area contributed by atoms with E-state index >= 15 is 0 Å². The van der Waals surface area contributed by atoms with Gasteiger partial charge in [0, 0.05) is 24.9 Å². The van der Waals surface area contributed by atoms with Crippen LogP contribution in [0.1, 0.15) is 97.3 Å². The fourth-order valence-electron chi connectivity index (χ4n) is 9.37. The van der Waals surface area contributed by atoms with E-state index in [0.717, 1.165) is 38.5 Å². The monoisotopic (exact) mass is 451 g/mol. The lowest BCUT2D eigenvalue weighted by Gasteiger charge is -2.63. The van der Waals surface area contributed by atoms with Crippen molar-refractivity contribution in [1.82, 2.24) is 5.32 Å². The van der Waals surface area contributed by atoms with Gasteiger partial charge in [0.2, 0.25) is 0 Å². The van der Waals surface area contributed by atoms with Crippen molar-refractivity contribution in [3.05, 3.63) is 0 Å². The number of hydrogen-bond donors (Lipinski definition) is 2. The summed E-state index contributed by atoms with van der Waals surface area (Å²) in [6, 6.07) is 1.02. The molecular formula is C26H42ClNO3. The minimum absolute atomic E-state index is 0. The molecule has 5 rings (SSSR count). The topological polar surface area (TPSA) is 66.4 Å². The number of carboxylic acid groups (broad SMARTS) is 1. The molecule has 0 saturated heterocycles. The first kappa shape index (κ1) is 23.5. The SMILES string of the molecule is C[C@]12CCC(=O)C[C@@H]1CC[C@@H]1[C@@H]2[C@H](NC2CCCCC2)C[C@]2(C)[C@@H](C(=O)O)CC[C@@H]12.Cl. The van der Waals surface area contributed by atoms with Crippen LogP contribution in [0.2, 0.25) is 0 Å². The average molecular weight is 452 g/mol. The van der Waals surface area contributed by atoms with E-state index < -0.39 is 5.97 Å². The van der Waals surface area contributed by atoms with E-state index in [0.29, 0.717) is 41.5 Å². The molecule has 176 valence electrons. The minimum Gasteiger partial charge on any atom is -0.481 e. The van der Waals surface area contributed by atoms with Gasteiger partial charge in [-0.3, -0.25) is 9.59 Å². The Bertz CT molecular complexity index is 707. The summed E-state index contributed by atoms with van der Waals surface area (Å²) in [7, 11) is 0. The van der Waals surface area contributed by atoms with Crippen LogP contribution in [0.5, 0.6) is 0 Å². The van der Waals surface area contributed by atoms with Crippen molar-refractivity contribution in [2.75, 3.05) is 0 Å². The molecule has 5 heteroatoms. The number of carbonyl (C=O) groups is 2. The van der Waals surface area contributed by atoms with Gasteiger partial charge in [-0.25, -0.2) is 0 Å². The number of rotatable bonds is 3. The molecule has 31 heavy (non-hydrogen) atoms. The number of hydrogen-bond acceptors (Lipinski definition) is 3. The van der Waals surface area contributed by atoms with E-state index in [2.05, 4.69) is 19.2 Å². The smallest absolute Gasteiger partial charge is 0.307 e. The van der Waals surface area contributed by atoms with Crippen molar-refractivity contribution in [2.45, 2.75) is 109 Å². The van der Waals surface area contributed by atoms with Gasteiger partial charge >= 0.3 is 5.97 Å². The van der Waals surface area contributed by atoms with Gasteiger partial charge in [0.25, 0.3) is 0 Å². The molecular weight excluding hydrogens is 410 g/mol. The summed E-state index contributed by atoms with van der Waals surface area (Å²) >= 11 is 0. The Morgan fingerprint density at radius 3 is 2.45 bits per heavy atom. The highest BCUT2D eigenvalue weighted by atomic mass is 35.5. The Labute approximate surface area is 194 Å². The van der Waals surface area contributed by atoms with Crippen LogP contribution in [0.15, 0.2) is 0 Å². The van der Waals surface area contributed by atoms with Crippen LogP contribution < -0.4 is 5.32 Å².